The lowest BCUT2D eigenvalue weighted by atomic mass is 10.1. The van der Waals surface area contributed by atoms with Gasteiger partial charge in [0.25, 0.3) is 0 Å². The number of benzene rings is 1. The fraction of sp³-hybridized carbons (Fsp3) is 0.308. The van der Waals surface area contributed by atoms with Gasteiger partial charge < -0.3 is 5.73 Å². The molecule has 16 heavy (non-hydrogen) atoms. The van der Waals surface area contributed by atoms with Crippen LogP contribution in [0.5, 0.6) is 0 Å². The fourth-order valence-electron chi connectivity index (χ4n) is 2.10. The molecular weight excluding hydrogens is 198 g/mol. The third kappa shape index (κ3) is 1.58. The van der Waals surface area contributed by atoms with Crippen molar-refractivity contribution in [1.29, 1.82) is 0 Å². The summed E-state index contributed by atoms with van der Waals surface area (Å²) >= 11 is 0. The maximum absolute atomic E-state index is 5.96. The van der Waals surface area contributed by atoms with Crippen molar-refractivity contribution in [3.8, 4) is 5.69 Å². The average Bonchev–Trinajstić information content (AvgIpc) is 2.55. The van der Waals surface area contributed by atoms with E-state index in [1.165, 1.54) is 11.3 Å². The number of nitrogens with two attached hydrogens (primary N) is 1. The number of anilines is 1. The standard InChI is InChI=1S/C13H17N3/c1-4-11-9(2)15-16(10(11)3)13-8-6-5-7-12(13)14/h5-8H,4,14H2,1-3H3. The van der Waals surface area contributed by atoms with Gasteiger partial charge in [0.2, 0.25) is 0 Å². The Balaban J connectivity index is 2.62. The predicted octanol–water partition coefficient (Wildman–Crippen LogP) is 2.63. The first kappa shape index (κ1) is 10.7. The molecule has 0 aliphatic carbocycles. The molecule has 0 radical (unpaired) electrons. The zero-order valence-corrected chi connectivity index (χ0v) is 9.99. The Hall–Kier alpha value is -1.77. The Bertz CT molecular complexity index is 512. The molecule has 2 N–H and O–H groups in total. The molecule has 1 heterocycles. The molecule has 2 aromatic rings. The molecule has 3 heteroatoms. The van der Waals surface area contributed by atoms with E-state index in [0.29, 0.717) is 0 Å². The molecule has 0 saturated heterocycles. The molecule has 0 unspecified atom stereocenters. The minimum Gasteiger partial charge on any atom is -0.397 e. The number of nitrogen functional groups attached to an aromatic ring is 1. The second-order valence-electron chi connectivity index (χ2n) is 3.97. The van der Waals surface area contributed by atoms with E-state index in [-0.39, 0.29) is 0 Å². The normalized spacial score (nSPS) is 10.7. The van der Waals surface area contributed by atoms with E-state index in [1.807, 2.05) is 35.9 Å². The van der Waals surface area contributed by atoms with Gasteiger partial charge in [-0.25, -0.2) is 4.68 Å². The van der Waals surface area contributed by atoms with Gasteiger partial charge in [0.15, 0.2) is 0 Å². The molecule has 0 fully saturated rings. The molecular formula is C13H17N3. The van der Waals surface area contributed by atoms with Crippen LogP contribution in [0.15, 0.2) is 24.3 Å². The molecule has 1 aromatic heterocycles. The van der Waals surface area contributed by atoms with E-state index < -0.39 is 0 Å². The lowest BCUT2D eigenvalue weighted by Crippen LogP contribution is -2.03. The number of para-hydroxylation sites is 2. The van der Waals surface area contributed by atoms with Gasteiger partial charge in [-0.1, -0.05) is 19.1 Å². The van der Waals surface area contributed by atoms with Crippen LogP contribution in [0, 0.1) is 13.8 Å². The fourth-order valence-corrected chi connectivity index (χ4v) is 2.10. The van der Waals surface area contributed by atoms with Crippen molar-refractivity contribution in [1.82, 2.24) is 9.78 Å². The summed E-state index contributed by atoms with van der Waals surface area (Å²) in [7, 11) is 0. The van der Waals surface area contributed by atoms with Gasteiger partial charge in [0.05, 0.1) is 17.1 Å². The van der Waals surface area contributed by atoms with E-state index in [0.717, 1.165) is 23.5 Å². The smallest absolute Gasteiger partial charge is 0.0878 e. The van der Waals surface area contributed by atoms with Crippen LogP contribution in [0.25, 0.3) is 5.69 Å². The van der Waals surface area contributed by atoms with Crippen LogP contribution in [0.2, 0.25) is 0 Å². The van der Waals surface area contributed by atoms with Gasteiger partial charge >= 0.3 is 0 Å². The Morgan fingerprint density at radius 3 is 2.50 bits per heavy atom. The lowest BCUT2D eigenvalue weighted by Gasteiger charge is -2.07. The van der Waals surface area contributed by atoms with Crippen LogP contribution < -0.4 is 5.73 Å². The highest BCUT2D eigenvalue weighted by Gasteiger charge is 2.12. The highest BCUT2D eigenvalue weighted by molar-refractivity contribution is 5.58. The summed E-state index contributed by atoms with van der Waals surface area (Å²) in [6.07, 6.45) is 1.00. The van der Waals surface area contributed by atoms with Crippen LogP contribution in [0.4, 0.5) is 5.69 Å². The Kier molecular flexibility index (Phi) is 2.69. The summed E-state index contributed by atoms with van der Waals surface area (Å²) in [5.74, 6) is 0. The van der Waals surface area contributed by atoms with Gasteiger partial charge in [0, 0.05) is 5.69 Å². The number of hydrogen-bond acceptors (Lipinski definition) is 2. The third-order valence-corrected chi connectivity index (χ3v) is 2.96. The molecule has 2 rings (SSSR count). The summed E-state index contributed by atoms with van der Waals surface area (Å²) in [6, 6.07) is 7.81. The van der Waals surface area contributed by atoms with Crippen molar-refractivity contribution in [2.75, 3.05) is 5.73 Å². The van der Waals surface area contributed by atoms with Gasteiger partial charge in [-0.15, -0.1) is 0 Å². The molecule has 0 bridgehead atoms. The van der Waals surface area contributed by atoms with Gasteiger partial charge in [0.1, 0.15) is 0 Å². The van der Waals surface area contributed by atoms with Gasteiger partial charge in [-0.2, -0.15) is 5.10 Å². The van der Waals surface area contributed by atoms with Crippen molar-refractivity contribution in [2.45, 2.75) is 27.2 Å². The summed E-state index contributed by atoms with van der Waals surface area (Å²) < 4.78 is 1.93. The molecule has 0 amide bonds. The maximum atomic E-state index is 5.96. The first-order chi connectivity index (χ1) is 7.65. The van der Waals surface area contributed by atoms with Crippen molar-refractivity contribution in [3.63, 3.8) is 0 Å². The van der Waals surface area contributed by atoms with E-state index in [9.17, 15) is 0 Å². The summed E-state index contributed by atoms with van der Waals surface area (Å²) in [5, 5.41) is 4.55. The van der Waals surface area contributed by atoms with Gasteiger partial charge in [-0.05, 0) is 38.0 Å². The minimum atomic E-state index is 0.760. The zero-order chi connectivity index (χ0) is 11.7. The van der Waals surface area contributed by atoms with Crippen molar-refractivity contribution >= 4 is 5.69 Å². The average molecular weight is 215 g/mol. The van der Waals surface area contributed by atoms with E-state index in [2.05, 4.69) is 18.9 Å². The monoisotopic (exact) mass is 215 g/mol. The molecule has 84 valence electrons. The summed E-state index contributed by atoms with van der Waals surface area (Å²) in [5.41, 5.74) is 11.3. The first-order valence-electron chi connectivity index (χ1n) is 5.55. The number of aryl methyl sites for hydroxylation is 1. The molecule has 0 saturated carbocycles. The highest BCUT2D eigenvalue weighted by atomic mass is 15.3. The minimum absolute atomic E-state index is 0.760. The van der Waals surface area contributed by atoms with Gasteiger partial charge in [-0.3, -0.25) is 0 Å². The molecule has 0 aliphatic heterocycles. The number of nitrogens with zero attached hydrogens (tertiary/aromatic N) is 2. The number of aromatic nitrogens is 2. The first-order valence-corrected chi connectivity index (χ1v) is 5.55. The van der Waals surface area contributed by atoms with Crippen LogP contribution in [-0.4, -0.2) is 9.78 Å². The highest BCUT2D eigenvalue weighted by Crippen LogP contribution is 2.21. The summed E-state index contributed by atoms with van der Waals surface area (Å²) in [4.78, 5) is 0. The molecule has 0 spiro atoms. The lowest BCUT2D eigenvalue weighted by molar-refractivity contribution is 0.835. The Morgan fingerprint density at radius 2 is 1.94 bits per heavy atom. The second-order valence-corrected chi connectivity index (χ2v) is 3.97. The van der Waals surface area contributed by atoms with E-state index in [1.54, 1.807) is 0 Å². The largest absolute Gasteiger partial charge is 0.397 e. The van der Waals surface area contributed by atoms with Crippen LogP contribution in [0.3, 0.4) is 0 Å². The third-order valence-electron chi connectivity index (χ3n) is 2.96. The molecule has 0 atom stereocenters. The zero-order valence-electron chi connectivity index (χ0n) is 9.99. The van der Waals surface area contributed by atoms with Crippen molar-refractivity contribution < 1.29 is 0 Å². The topological polar surface area (TPSA) is 43.8 Å². The maximum Gasteiger partial charge on any atom is 0.0878 e. The molecule has 1 aromatic carbocycles. The predicted molar refractivity (Wildman–Crippen MR) is 66.8 cm³/mol. The SMILES string of the molecule is CCc1c(C)nn(-c2ccccc2N)c1C. The Morgan fingerprint density at radius 1 is 1.25 bits per heavy atom. The number of hydrogen-bond donors (Lipinski definition) is 1. The molecule has 3 nitrogen and oxygen atoms in total. The van der Waals surface area contributed by atoms with E-state index in [4.69, 9.17) is 5.73 Å². The number of rotatable bonds is 2. The van der Waals surface area contributed by atoms with E-state index >= 15 is 0 Å². The second kappa shape index (κ2) is 4.00. The summed E-state index contributed by atoms with van der Waals surface area (Å²) in [6.45, 7) is 6.28. The Labute approximate surface area is 95.9 Å². The van der Waals surface area contributed by atoms with Crippen LogP contribution >= 0.6 is 0 Å². The van der Waals surface area contributed by atoms with Crippen molar-refractivity contribution in [2.24, 2.45) is 0 Å². The van der Waals surface area contributed by atoms with Crippen LogP contribution in [-0.2, 0) is 6.42 Å². The quantitative estimate of drug-likeness (QED) is 0.783. The van der Waals surface area contributed by atoms with Crippen LogP contribution in [0.1, 0.15) is 23.9 Å². The molecule has 0 aliphatic rings. The van der Waals surface area contributed by atoms with Crippen molar-refractivity contribution in [3.05, 3.63) is 41.2 Å².